The maximum atomic E-state index is 10.4. The van der Waals surface area contributed by atoms with Gasteiger partial charge in [0.15, 0.2) is 0 Å². The highest BCUT2D eigenvalue weighted by molar-refractivity contribution is 5.69. The molecule has 0 aliphatic rings. The second-order valence-electron chi connectivity index (χ2n) is 3.51. The number of carboxylic acids is 1. The molecule has 0 saturated heterocycles. The molecule has 1 atom stereocenters. The standard InChI is InChI=1S/C9H18O4/c1-5-7(8(10)11)12-13-9(3,4)6-2/h7H,5-6H2,1-4H3,(H,10,11)/p-1. The summed E-state index contributed by atoms with van der Waals surface area (Å²) in [5.41, 5.74) is -0.455. The molecule has 78 valence electrons. The molecule has 0 aliphatic carbocycles. The lowest BCUT2D eigenvalue weighted by Gasteiger charge is -2.25. The molecule has 13 heavy (non-hydrogen) atoms. The molecule has 0 radical (unpaired) electrons. The predicted octanol–water partition coefficient (Wildman–Crippen LogP) is 0.652. The van der Waals surface area contributed by atoms with Crippen LogP contribution in [0.2, 0.25) is 0 Å². The monoisotopic (exact) mass is 189 g/mol. The van der Waals surface area contributed by atoms with E-state index in [-0.39, 0.29) is 0 Å². The van der Waals surface area contributed by atoms with Crippen LogP contribution in [0, 0.1) is 0 Å². The first-order valence-electron chi connectivity index (χ1n) is 4.48. The molecule has 0 aromatic heterocycles. The van der Waals surface area contributed by atoms with Gasteiger partial charge in [0.25, 0.3) is 0 Å². The van der Waals surface area contributed by atoms with Crippen molar-refractivity contribution in [3.8, 4) is 0 Å². The van der Waals surface area contributed by atoms with Gasteiger partial charge in [-0.15, -0.1) is 0 Å². The van der Waals surface area contributed by atoms with Crippen molar-refractivity contribution in [1.82, 2.24) is 0 Å². The molecule has 1 unspecified atom stereocenters. The van der Waals surface area contributed by atoms with Gasteiger partial charge >= 0.3 is 0 Å². The minimum atomic E-state index is -1.24. The minimum Gasteiger partial charge on any atom is -0.547 e. The van der Waals surface area contributed by atoms with Gasteiger partial charge in [0, 0.05) is 0 Å². The summed E-state index contributed by atoms with van der Waals surface area (Å²) in [5, 5.41) is 10.4. The van der Waals surface area contributed by atoms with Gasteiger partial charge in [0.2, 0.25) is 0 Å². The predicted molar refractivity (Wildman–Crippen MR) is 45.6 cm³/mol. The lowest BCUT2D eigenvalue weighted by Crippen LogP contribution is -2.39. The second kappa shape index (κ2) is 5.19. The maximum Gasteiger partial charge on any atom is 0.132 e. The SMILES string of the molecule is CCC(OOC(C)(C)CC)C(=O)[O-]. The van der Waals surface area contributed by atoms with Crippen molar-refractivity contribution in [1.29, 1.82) is 0 Å². The average molecular weight is 189 g/mol. The third kappa shape index (κ3) is 4.85. The number of rotatable bonds is 6. The second-order valence-corrected chi connectivity index (χ2v) is 3.51. The topological polar surface area (TPSA) is 58.6 Å². The largest absolute Gasteiger partial charge is 0.547 e. The third-order valence-electron chi connectivity index (χ3n) is 1.87. The highest BCUT2D eigenvalue weighted by Gasteiger charge is 2.19. The smallest absolute Gasteiger partial charge is 0.132 e. The molecule has 4 nitrogen and oxygen atoms in total. The van der Waals surface area contributed by atoms with Gasteiger partial charge in [0.1, 0.15) is 6.10 Å². The molecule has 0 aliphatic heterocycles. The van der Waals surface area contributed by atoms with Crippen LogP contribution in [0.5, 0.6) is 0 Å². The molecule has 0 rings (SSSR count). The van der Waals surface area contributed by atoms with Crippen molar-refractivity contribution in [2.45, 2.75) is 52.2 Å². The van der Waals surface area contributed by atoms with E-state index in [0.717, 1.165) is 6.42 Å². The fourth-order valence-electron chi connectivity index (χ4n) is 0.521. The Kier molecular flexibility index (Phi) is 4.95. The molecular formula is C9H17O4-. The van der Waals surface area contributed by atoms with Crippen molar-refractivity contribution < 1.29 is 19.7 Å². The van der Waals surface area contributed by atoms with E-state index in [2.05, 4.69) is 0 Å². The van der Waals surface area contributed by atoms with Crippen LogP contribution >= 0.6 is 0 Å². The van der Waals surface area contributed by atoms with Crippen molar-refractivity contribution in [2.75, 3.05) is 0 Å². The summed E-state index contributed by atoms with van der Waals surface area (Å²) in [4.78, 5) is 20.1. The Morgan fingerprint density at radius 2 is 2.00 bits per heavy atom. The van der Waals surface area contributed by atoms with Crippen LogP contribution in [0.3, 0.4) is 0 Å². The fraction of sp³-hybridized carbons (Fsp3) is 0.889. The average Bonchev–Trinajstić information content (AvgIpc) is 2.05. The van der Waals surface area contributed by atoms with Gasteiger partial charge in [-0.25, -0.2) is 9.78 Å². The van der Waals surface area contributed by atoms with E-state index in [1.165, 1.54) is 0 Å². The summed E-state index contributed by atoms with van der Waals surface area (Å²) in [6.45, 7) is 7.29. The zero-order valence-electron chi connectivity index (χ0n) is 8.62. The Bertz CT molecular complexity index is 165. The molecule has 0 amide bonds. The summed E-state index contributed by atoms with van der Waals surface area (Å²) in [7, 11) is 0. The third-order valence-corrected chi connectivity index (χ3v) is 1.87. The number of hydrogen-bond acceptors (Lipinski definition) is 4. The quantitative estimate of drug-likeness (QED) is 0.454. The van der Waals surface area contributed by atoms with E-state index in [0.29, 0.717) is 6.42 Å². The van der Waals surface area contributed by atoms with Crippen molar-refractivity contribution in [2.24, 2.45) is 0 Å². The van der Waals surface area contributed by atoms with Gasteiger partial charge in [-0.3, -0.25) is 0 Å². The first-order chi connectivity index (χ1) is 5.93. The summed E-state index contributed by atoms with van der Waals surface area (Å²) >= 11 is 0. The molecule has 0 heterocycles. The van der Waals surface area contributed by atoms with E-state index in [9.17, 15) is 9.90 Å². The summed E-state index contributed by atoms with van der Waals surface area (Å²) in [5.74, 6) is -1.24. The molecule has 0 bridgehead atoms. The van der Waals surface area contributed by atoms with Crippen LogP contribution in [-0.4, -0.2) is 17.7 Å². The van der Waals surface area contributed by atoms with Gasteiger partial charge in [-0.1, -0.05) is 13.8 Å². The first kappa shape index (κ1) is 12.4. The fourth-order valence-corrected chi connectivity index (χ4v) is 0.521. The van der Waals surface area contributed by atoms with Crippen molar-refractivity contribution in [3.63, 3.8) is 0 Å². The highest BCUT2D eigenvalue weighted by atomic mass is 17.2. The Balaban J connectivity index is 3.92. The van der Waals surface area contributed by atoms with Crippen LogP contribution in [0.15, 0.2) is 0 Å². The molecule has 4 heteroatoms. The van der Waals surface area contributed by atoms with Crippen LogP contribution in [-0.2, 0) is 14.6 Å². The van der Waals surface area contributed by atoms with Gasteiger partial charge in [-0.05, 0) is 26.7 Å². The Hall–Kier alpha value is -0.610. The Morgan fingerprint density at radius 1 is 1.46 bits per heavy atom. The Labute approximate surface area is 78.8 Å². The van der Waals surface area contributed by atoms with E-state index >= 15 is 0 Å². The van der Waals surface area contributed by atoms with E-state index < -0.39 is 17.7 Å². The number of hydrogen-bond donors (Lipinski definition) is 0. The van der Waals surface area contributed by atoms with Crippen LogP contribution in [0.1, 0.15) is 40.5 Å². The first-order valence-corrected chi connectivity index (χ1v) is 4.48. The molecule has 0 spiro atoms. The van der Waals surface area contributed by atoms with Gasteiger partial charge in [0.05, 0.1) is 11.6 Å². The van der Waals surface area contributed by atoms with Crippen molar-refractivity contribution >= 4 is 5.97 Å². The number of carboxylic acid groups (broad SMARTS) is 1. The van der Waals surface area contributed by atoms with E-state index in [4.69, 9.17) is 9.78 Å². The van der Waals surface area contributed by atoms with E-state index in [1.54, 1.807) is 6.92 Å². The van der Waals surface area contributed by atoms with Crippen LogP contribution in [0.25, 0.3) is 0 Å². The van der Waals surface area contributed by atoms with E-state index in [1.807, 2.05) is 20.8 Å². The van der Waals surface area contributed by atoms with Crippen LogP contribution in [0.4, 0.5) is 0 Å². The molecular weight excluding hydrogens is 172 g/mol. The number of carbonyl (C=O) groups excluding carboxylic acids is 1. The normalized spacial score (nSPS) is 14.2. The summed E-state index contributed by atoms with van der Waals surface area (Å²) in [6.07, 6.45) is 0.101. The van der Waals surface area contributed by atoms with Crippen molar-refractivity contribution in [3.05, 3.63) is 0 Å². The van der Waals surface area contributed by atoms with Crippen LogP contribution < -0.4 is 5.11 Å². The summed E-state index contributed by atoms with van der Waals surface area (Å²) < 4.78 is 0. The maximum absolute atomic E-state index is 10.4. The zero-order valence-corrected chi connectivity index (χ0v) is 8.62. The lowest BCUT2D eigenvalue weighted by atomic mass is 10.1. The van der Waals surface area contributed by atoms with Gasteiger partial charge in [-0.2, -0.15) is 0 Å². The molecule has 0 aromatic carbocycles. The summed E-state index contributed by atoms with van der Waals surface area (Å²) in [6, 6.07) is 0. The molecule has 0 N–H and O–H groups in total. The lowest BCUT2D eigenvalue weighted by molar-refractivity contribution is -0.395. The molecule has 0 fully saturated rings. The molecule has 0 aromatic rings. The number of carbonyl (C=O) groups is 1. The highest BCUT2D eigenvalue weighted by Crippen LogP contribution is 2.15. The number of aliphatic carboxylic acids is 1. The Morgan fingerprint density at radius 3 is 2.31 bits per heavy atom. The van der Waals surface area contributed by atoms with Gasteiger partial charge < -0.3 is 9.90 Å². The molecule has 0 saturated carbocycles. The minimum absolute atomic E-state index is 0.335. The zero-order chi connectivity index (χ0) is 10.5.